The molecule has 0 spiro atoms. The topological polar surface area (TPSA) is 50.4 Å². The van der Waals surface area contributed by atoms with Crippen LogP contribution in [0.25, 0.3) is 10.1 Å². The van der Waals surface area contributed by atoms with Gasteiger partial charge in [0, 0.05) is 12.6 Å². The Morgan fingerprint density at radius 1 is 1.50 bits per heavy atom. The predicted molar refractivity (Wildman–Crippen MR) is 81.7 cm³/mol. The number of hydrogen-bond donors (Lipinski definition) is 2. The minimum atomic E-state index is 0.0157. The first-order valence-corrected chi connectivity index (χ1v) is 7.67. The summed E-state index contributed by atoms with van der Waals surface area (Å²) in [5.74, 6) is 0.841. The first-order valence-electron chi connectivity index (χ1n) is 6.86. The van der Waals surface area contributed by atoms with Crippen molar-refractivity contribution in [2.24, 2.45) is 0 Å². The van der Waals surface area contributed by atoms with Crippen molar-refractivity contribution in [3.05, 3.63) is 29.1 Å². The van der Waals surface area contributed by atoms with Crippen LogP contribution < -0.4 is 15.4 Å². The second-order valence-electron chi connectivity index (χ2n) is 5.01. The average Bonchev–Trinajstić information content (AvgIpc) is 2.92. The monoisotopic (exact) mass is 290 g/mol. The third kappa shape index (κ3) is 2.64. The van der Waals surface area contributed by atoms with Crippen LogP contribution in [0.1, 0.15) is 22.5 Å². The number of methoxy groups -OCH3 is 1. The van der Waals surface area contributed by atoms with Crippen LogP contribution in [-0.2, 0) is 0 Å². The lowest BCUT2D eigenvalue weighted by atomic mass is 10.1. The molecule has 5 heteroatoms. The molecule has 0 radical (unpaired) electrons. The van der Waals surface area contributed by atoms with Crippen molar-refractivity contribution in [3.8, 4) is 5.75 Å². The van der Waals surface area contributed by atoms with Crippen molar-refractivity contribution in [1.29, 1.82) is 0 Å². The number of benzene rings is 1. The van der Waals surface area contributed by atoms with Gasteiger partial charge in [-0.3, -0.25) is 4.79 Å². The molecule has 1 aromatic carbocycles. The van der Waals surface area contributed by atoms with Gasteiger partial charge >= 0.3 is 0 Å². The number of hydrogen-bond acceptors (Lipinski definition) is 4. The van der Waals surface area contributed by atoms with Gasteiger partial charge in [-0.1, -0.05) is 12.1 Å². The fourth-order valence-electron chi connectivity index (χ4n) is 2.54. The van der Waals surface area contributed by atoms with Gasteiger partial charge < -0.3 is 15.4 Å². The van der Waals surface area contributed by atoms with E-state index < -0.39 is 0 Å². The summed E-state index contributed by atoms with van der Waals surface area (Å²) in [4.78, 5) is 13.1. The quantitative estimate of drug-likeness (QED) is 0.912. The maximum Gasteiger partial charge on any atom is 0.261 e. The molecule has 20 heavy (non-hydrogen) atoms. The minimum absolute atomic E-state index is 0.0157. The highest BCUT2D eigenvalue weighted by atomic mass is 32.1. The summed E-state index contributed by atoms with van der Waals surface area (Å²) in [6, 6.07) is 8.05. The molecular formula is C15H18N2O2S. The Hall–Kier alpha value is -1.59. The largest absolute Gasteiger partial charge is 0.495 e. The lowest BCUT2D eigenvalue weighted by Gasteiger charge is -2.23. The van der Waals surface area contributed by atoms with E-state index in [1.807, 2.05) is 24.3 Å². The molecule has 2 N–H and O–H groups in total. The molecule has 1 saturated heterocycles. The second-order valence-corrected chi connectivity index (χ2v) is 6.06. The summed E-state index contributed by atoms with van der Waals surface area (Å²) in [7, 11) is 1.65. The number of nitrogens with one attached hydrogen (secondary N) is 2. The maximum atomic E-state index is 12.3. The number of thiophene rings is 1. The molecule has 1 fully saturated rings. The normalized spacial score (nSPS) is 18.9. The van der Waals surface area contributed by atoms with E-state index in [9.17, 15) is 4.79 Å². The maximum absolute atomic E-state index is 12.3. The number of ether oxygens (including phenoxy) is 1. The molecule has 4 nitrogen and oxygen atoms in total. The molecule has 2 heterocycles. The molecule has 0 aliphatic carbocycles. The van der Waals surface area contributed by atoms with Crippen LogP contribution in [0.15, 0.2) is 24.3 Å². The number of amides is 1. The Labute approximate surface area is 122 Å². The number of carbonyl (C=O) groups excluding carboxylic acids is 1. The highest BCUT2D eigenvalue weighted by Gasteiger charge is 2.18. The fourth-order valence-corrected chi connectivity index (χ4v) is 3.59. The van der Waals surface area contributed by atoms with Crippen LogP contribution in [0, 0.1) is 0 Å². The molecule has 1 aromatic heterocycles. The smallest absolute Gasteiger partial charge is 0.261 e. The van der Waals surface area contributed by atoms with Crippen LogP contribution in [0.2, 0.25) is 0 Å². The molecular weight excluding hydrogens is 272 g/mol. The minimum Gasteiger partial charge on any atom is -0.495 e. The Balaban J connectivity index is 1.80. The van der Waals surface area contributed by atoms with Crippen LogP contribution in [0.3, 0.4) is 0 Å². The van der Waals surface area contributed by atoms with Gasteiger partial charge in [0.25, 0.3) is 5.91 Å². The molecule has 3 rings (SSSR count). The highest BCUT2D eigenvalue weighted by molar-refractivity contribution is 7.21. The molecule has 1 atom stereocenters. The standard InChI is InChI=1S/C15H18N2O2S/c1-19-12-6-2-4-10-8-13(20-14(10)12)15(18)17-11-5-3-7-16-9-11/h2,4,6,8,11,16H,3,5,7,9H2,1H3,(H,17,18)/t11-/m1/s1. The van der Waals surface area contributed by atoms with Crippen molar-refractivity contribution in [2.45, 2.75) is 18.9 Å². The van der Waals surface area contributed by atoms with Crippen LogP contribution in [0.4, 0.5) is 0 Å². The number of fused-ring (bicyclic) bond motifs is 1. The summed E-state index contributed by atoms with van der Waals surface area (Å²) in [5, 5.41) is 7.46. The molecule has 106 valence electrons. The first kappa shape index (κ1) is 13.4. The van der Waals surface area contributed by atoms with Gasteiger partial charge in [-0.05, 0) is 36.9 Å². The summed E-state index contributed by atoms with van der Waals surface area (Å²) >= 11 is 1.49. The fraction of sp³-hybridized carbons (Fsp3) is 0.400. The van der Waals surface area contributed by atoms with Crippen molar-refractivity contribution in [1.82, 2.24) is 10.6 Å². The molecule has 1 amide bonds. The lowest BCUT2D eigenvalue weighted by Crippen LogP contribution is -2.45. The Bertz CT molecular complexity index is 617. The van der Waals surface area contributed by atoms with Crippen LogP contribution >= 0.6 is 11.3 Å². The molecule has 0 bridgehead atoms. The number of carbonyl (C=O) groups is 1. The zero-order valence-corrected chi connectivity index (χ0v) is 12.3. The van der Waals surface area contributed by atoms with E-state index in [-0.39, 0.29) is 11.9 Å². The third-order valence-corrected chi connectivity index (χ3v) is 4.75. The number of piperidine rings is 1. The van der Waals surface area contributed by atoms with E-state index in [1.54, 1.807) is 7.11 Å². The van der Waals surface area contributed by atoms with E-state index in [1.165, 1.54) is 11.3 Å². The predicted octanol–water partition coefficient (Wildman–Crippen LogP) is 2.39. The Morgan fingerprint density at radius 3 is 3.15 bits per heavy atom. The molecule has 0 saturated carbocycles. The van der Waals surface area contributed by atoms with Gasteiger partial charge in [-0.25, -0.2) is 0 Å². The van der Waals surface area contributed by atoms with Crippen molar-refractivity contribution in [3.63, 3.8) is 0 Å². The van der Waals surface area contributed by atoms with Crippen molar-refractivity contribution >= 4 is 27.3 Å². The highest BCUT2D eigenvalue weighted by Crippen LogP contribution is 2.33. The third-order valence-electron chi connectivity index (χ3n) is 3.58. The van der Waals surface area contributed by atoms with E-state index in [0.717, 1.165) is 46.6 Å². The molecule has 2 aromatic rings. The number of rotatable bonds is 3. The summed E-state index contributed by atoms with van der Waals surface area (Å²) in [5.41, 5.74) is 0. The molecule has 1 aliphatic heterocycles. The summed E-state index contributed by atoms with van der Waals surface area (Å²) in [6.45, 7) is 1.91. The van der Waals surface area contributed by atoms with E-state index in [2.05, 4.69) is 10.6 Å². The SMILES string of the molecule is COc1cccc2cc(C(=O)N[C@@H]3CCCNC3)sc12. The van der Waals surface area contributed by atoms with Gasteiger partial charge in [-0.2, -0.15) is 0 Å². The van der Waals surface area contributed by atoms with Crippen molar-refractivity contribution < 1.29 is 9.53 Å². The van der Waals surface area contributed by atoms with Gasteiger partial charge in [0.05, 0.1) is 16.7 Å². The van der Waals surface area contributed by atoms with E-state index in [4.69, 9.17) is 4.74 Å². The lowest BCUT2D eigenvalue weighted by molar-refractivity contribution is 0.0935. The zero-order valence-electron chi connectivity index (χ0n) is 11.4. The van der Waals surface area contributed by atoms with E-state index >= 15 is 0 Å². The summed E-state index contributed by atoms with van der Waals surface area (Å²) in [6.07, 6.45) is 2.16. The molecule has 0 unspecified atom stereocenters. The van der Waals surface area contributed by atoms with Gasteiger partial charge in [-0.15, -0.1) is 11.3 Å². The Kier molecular flexibility index (Phi) is 3.89. The van der Waals surface area contributed by atoms with Gasteiger partial charge in [0.2, 0.25) is 0 Å². The van der Waals surface area contributed by atoms with E-state index in [0.29, 0.717) is 0 Å². The van der Waals surface area contributed by atoms with Crippen molar-refractivity contribution in [2.75, 3.05) is 20.2 Å². The van der Waals surface area contributed by atoms with Gasteiger partial charge in [0.15, 0.2) is 0 Å². The first-order chi connectivity index (χ1) is 9.78. The zero-order chi connectivity index (χ0) is 13.9. The molecule has 1 aliphatic rings. The van der Waals surface area contributed by atoms with Crippen LogP contribution in [0.5, 0.6) is 5.75 Å². The second kappa shape index (κ2) is 5.81. The van der Waals surface area contributed by atoms with Crippen LogP contribution in [-0.4, -0.2) is 32.1 Å². The average molecular weight is 290 g/mol. The Morgan fingerprint density at radius 2 is 2.40 bits per heavy atom. The van der Waals surface area contributed by atoms with Gasteiger partial charge in [0.1, 0.15) is 5.75 Å². The summed E-state index contributed by atoms with van der Waals surface area (Å²) < 4.78 is 6.37.